The van der Waals surface area contributed by atoms with Gasteiger partial charge in [0, 0.05) is 17.2 Å². The van der Waals surface area contributed by atoms with Gasteiger partial charge in [0.05, 0.1) is 12.8 Å². The molecule has 0 saturated carbocycles. The van der Waals surface area contributed by atoms with Crippen LogP contribution in [-0.2, 0) is 27.4 Å². The minimum atomic E-state index is -0.598. The molecule has 0 aliphatic carbocycles. The highest BCUT2D eigenvalue weighted by atomic mass is 16.6. The molecule has 0 atom stereocenters. The van der Waals surface area contributed by atoms with Gasteiger partial charge in [-0.15, -0.1) is 0 Å². The Morgan fingerprint density at radius 1 is 0.805 bits per heavy atom. The first-order valence-electron chi connectivity index (χ1n) is 13.0. The van der Waals surface area contributed by atoms with Gasteiger partial charge in [0.1, 0.15) is 24.6 Å². The quantitative estimate of drug-likeness (QED) is 0.175. The number of anilines is 1. The molecule has 0 aliphatic rings. The molecule has 0 aliphatic heterocycles. The van der Waals surface area contributed by atoms with Gasteiger partial charge in [-0.05, 0) is 17.7 Å². The Labute approximate surface area is 237 Å². The topological polar surface area (TPSA) is 91.1 Å². The first kappa shape index (κ1) is 27.2. The molecule has 8 heteroatoms. The van der Waals surface area contributed by atoms with E-state index in [4.69, 9.17) is 18.9 Å². The van der Waals surface area contributed by atoms with Gasteiger partial charge in [-0.3, -0.25) is 4.90 Å². The fourth-order valence-electron chi connectivity index (χ4n) is 4.15. The van der Waals surface area contributed by atoms with E-state index in [1.807, 2.05) is 91.0 Å². The number of amides is 1. The van der Waals surface area contributed by atoms with Crippen LogP contribution in [0.4, 0.5) is 10.5 Å². The van der Waals surface area contributed by atoms with Gasteiger partial charge in [-0.25, -0.2) is 14.6 Å². The van der Waals surface area contributed by atoms with E-state index in [0.29, 0.717) is 28.8 Å². The van der Waals surface area contributed by atoms with E-state index >= 15 is 0 Å². The van der Waals surface area contributed by atoms with Crippen molar-refractivity contribution >= 4 is 17.7 Å². The third-order valence-electron chi connectivity index (χ3n) is 6.19. The van der Waals surface area contributed by atoms with Crippen molar-refractivity contribution in [3.63, 3.8) is 0 Å². The van der Waals surface area contributed by atoms with E-state index in [-0.39, 0.29) is 19.8 Å². The van der Waals surface area contributed by atoms with E-state index in [9.17, 15) is 9.59 Å². The lowest BCUT2D eigenvalue weighted by molar-refractivity contribution is -0.142. The maximum atomic E-state index is 13.5. The number of hydrogen-bond acceptors (Lipinski definition) is 7. The van der Waals surface area contributed by atoms with E-state index in [2.05, 4.69) is 4.74 Å². The third kappa shape index (κ3) is 6.99. The number of ether oxygens (including phenoxy) is 3. The summed E-state index contributed by atoms with van der Waals surface area (Å²) in [4.78, 5) is 31.3. The van der Waals surface area contributed by atoms with E-state index in [0.717, 1.165) is 16.7 Å². The van der Waals surface area contributed by atoms with Crippen molar-refractivity contribution in [2.75, 3.05) is 18.6 Å². The van der Waals surface area contributed by atoms with Crippen molar-refractivity contribution in [2.24, 2.45) is 0 Å². The lowest BCUT2D eigenvalue weighted by Crippen LogP contribution is -2.31. The molecule has 4 aromatic carbocycles. The average molecular weight is 549 g/mol. The molecule has 0 saturated heterocycles. The third-order valence-corrected chi connectivity index (χ3v) is 6.19. The molecule has 5 rings (SSSR count). The zero-order valence-corrected chi connectivity index (χ0v) is 22.4. The number of hydrogen-bond donors (Lipinski definition) is 0. The molecule has 8 nitrogen and oxygen atoms in total. The summed E-state index contributed by atoms with van der Waals surface area (Å²) in [5, 5.41) is 0. The first-order chi connectivity index (χ1) is 20.1. The fourth-order valence-corrected chi connectivity index (χ4v) is 4.15. The predicted octanol–water partition coefficient (Wildman–Crippen LogP) is 6.90. The molecule has 1 amide bonds. The van der Waals surface area contributed by atoms with Gasteiger partial charge < -0.3 is 18.6 Å². The number of methoxy groups -OCH3 is 1. The normalized spacial score (nSPS) is 10.6. The Morgan fingerprint density at radius 3 is 2.15 bits per heavy atom. The lowest BCUT2D eigenvalue weighted by Gasteiger charge is -2.21. The summed E-state index contributed by atoms with van der Waals surface area (Å²) in [6.07, 6.45) is -0.598. The van der Waals surface area contributed by atoms with Crippen LogP contribution < -0.4 is 9.64 Å². The number of nitrogens with zero attached hydrogens (tertiary/aromatic N) is 2. The number of carbonyl (C=O) groups is 2. The van der Waals surface area contributed by atoms with Gasteiger partial charge in [-0.1, -0.05) is 97.1 Å². The summed E-state index contributed by atoms with van der Waals surface area (Å²) in [7, 11) is 1.29. The average Bonchev–Trinajstić information content (AvgIpc) is 3.47. The number of oxazole rings is 1. The van der Waals surface area contributed by atoms with E-state index < -0.39 is 12.1 Å². The lowest BCUT2D eigenvalue weighted by atomic mass is 10.1. The standard InChI is InChI=1S/C33H28N2O6/c1-38-30(36)23-39-28-19-11-18-27(20-28)35(33(37)40-22-24-12-5-2-6-13-24)21-29-34-31(25-14-7-3-8-15-25)32(41-29)26-16-9-4-10-17-26/h2-20H,21-23H2,1H3. The highest BCUT2D eigenvalue weighted by Crippen LogP contribution is 2.34. The summed E-state index contributed by atoms with van der Waals surface area (Å²) in [6, 6.07) is 35.6. The van der Waals surface area contributed by atoms with Crippen LogP contribution in [0.1, 0.15) is 11.5 Å². The number of benzene rings is 4. The van der Waals surface area contributed by atoms with Gasteiger partial charge in [0.2, 0.25) is 5.89 Å². The van der Waals surface area contributed by atoms with E-state index in [1.54, 1.807) is 24.3 Å². The molecule has 0 N–H and O–H groups in total. The summed E-state index contributed by atoms with van der Waals surface area (Å²) in [5.41, 5.74) is 3.75. The highest BCUT2D eigenvalue weighted by molar-refractivity contribution is 5.88. The van der Waals surface area contributed by atoms with Crippen LogP contribution in [0.25, 0.3) is 22.6 Å². The Bertz CT molecular complexity index is 1530. The van der Waals surface area contributed by atoms with Crippen LogP contribution in [0.15, 0.2) is 120 Å². The smallest absolute Gasteiger partial charge is 0.415 e. The zero-order chi connectivity index (χ0) is 28.4. The second-order valence-electron chi connectivity index (χ2n) is 9.01. The minimum Gasteiger partial charge on any atom is -0.482 e. The van der Waals surface area contributed by atoms with Crippen LogP contribution in [0.5, 0.6) is 5.75 Å². The maximum Gasteiger partial charge on any atom is 0.415 e. The monoisotopic (exact) mass is 548 g/mol. The van der Waals surface area contributed by atoms with Crippen molar-refractivity contribution in [1.29, 1.82) is 0 Å². The Balaban J connectivity index is 1.48. The summed E-state index contributed by atoms with van der Waals surface area (Å²) < 4.78 is 22.2. The largest absolute Gasteiger partial charge is 0.482 e. The summed E-state index contributed by atoms with van der Waals surface area (Å²) in [5.74, 6) is 0.784. The molecule has 0 fully saturated rings. The van der Waals surface area contributed by atoms with Gasteiger partial charge in [0.25, 0.3) is 0 Å². The number of carbonyl (C=O) groups excluding carboxylic acids is 2. The summed E-state index contributed by atoms with van der Waals surface area (Å²) >= 11 is 0. The van der Waals surface area contributed by atoms with Crippen LogP contribution in [0.3, 0.4) is 0 Å². The number of rotatable bonds is 10. The molecule has 0 radical (unpaired) electrons. The second kappa shape index (κ2) is 13.1. The number of aromatic nitrogens is 1. The van der Waals surface area contributed by atoms with Gasteiger partial charge in [-0.2, -0.15) is 0 Å². The van der Waals surface area contributed by atoms with Crippen LogP contribution in [0, 0.1) is 0 Å². The molecule has 0 spiro atoms. The predicted molar refractivity (Wildman–Crippen MR) is 154 cm³/mol. The Hall–Kier alpha value is -5.37. The molecule has 0 bridgehead atoms. The maximum absolute atomic E-state index is 13.5. The van der Waals surface area contributed by atoms with Crippen molar-refractivity contribution < 1.29 is 28.2 Å². The Morgan fingerprint density at radius 2 is 1.46 bits per heavy atom. The first-order valence-corrected chi connectivity index (χ1v) is 13.0. The fraction of sp³-hybridized carbons (Fsp3) is 0.121. The molecule has 206 valence electrons. The highest BCUT2D eigenvalue weighted by Gasteiger charge is 2.24. The molecule has 0 unspecified atom stereocenters. The van der Waals surface area contributed by atoms with Crippen LogP contribution in [-0.4, -0.2) is 30.8 Å². The van der Waals surface area contributed by atoms with Crippen molar-refractivity contribution in [1.82, 2.24) is 4.98 Å². The van der Waals surface area contributed by atoms with E-state index in [1.165, 1.54) is 12.0 Å². The molecule has 41 heavy (non-hydrogen) atoms. The molecule has 5 aromatic rings. The molecular formula is C33H28N2O6. The van der Waals surface area contributed by atoms with Crippen molar-refractivity contribution in [2.45, 2.75) is 13.2 Å². The van der Waals surface area contributed by atoms with Crippen molar-refractivity contribution in [3.8, 4) is 28.3 Å². The zero-order valence-electron chi connectivity index (χ0n) is 22.4. The summed E-state index contributed by atoms with van der Waals surface area (Å²) in [6.45, 7) is -0.190. The SMILES string of the molecule is COC(=O)COc1cccc(N(Cc2nc(-c3ccccc3)c(-c3ccccc3)o2)C(=O)OCc2ccccc2)c1. The van der Waals surface area contributed by atoms with Crippen molar-refractivity contribution in [3.05, 3.63) is 127 Å². The molecular weight excluding hydrogens is 520 g/mol. The number of esters is 1. The molecule has 1 aromatic heterocycles. The van der Waals surface area contributed by atoms with Crippen LogP contribution >= 0.6 is 0 Å². The van der Waals surface area contributed by atoms with Crippen LogP contribution in [0.2, 0.25) is 0 Å². The minimum absolute atomic E-state index is 0.0131. The van der Waals surface area contributed by atoms with Gasteiger partial charge >= 0.3 is 12.1 Å². The Kier molecular flexibility index (Phi) is 8.71. The van der Waals surface area contributed by atoms with Gasteiger partial charge in [0.15, 0.2) is 12.4 Å². The molecule has 1 heterocycles. The second-order valence-corrected chi connectivity index (χ2v) is 9.01.